The molecular formula is C10H19NOS. The van der Waals surface area contributed by atoms with Gasteiger partial charge in [-0.25, -0.2) is 0 Å². The van der Waals surface area contributed by atoms with Crippen molar-refractivity contribution in [3.05, 3.63) is 12.2 Å². The van der Waals surface area contributed by atoms with Crippen LogP contribution in [0.15, 0.2) is 12.2 Å². The number of carbonyl (C=O) groups is 1. The first-order valence-electron chi connectivity index (χ1n) is 4.86. The van der Waals surface area contributed by atoms with E-state index in [1.807, 2.05) is 6.08 Å². The second-order valence-corrected chi connectivity index (χ2v) is 3.36. The van der Waals surface area contributed by atoms with E-state index in [9.17, 15) is 4.79 Å². The quantitative estimate of drug-likeness (QED) is 0.369. The third-order valence-electron chi connectivity index (χ3n) is 1.65. The Balaban J connectivity index is 3.31. The van der Waals surface area contributed by atoms with Crippen molar-refractivity contribution in [1.29, 1.82) is 0 Å². The fourth-order valence-electron chi connectivity index (χ4n) is 0.941. The molecule has 0 heterocycles. The van der Waals surface area contributed by atoms with Crippen LogP contribution in [0.2, 0.25) is 0 Å². The van der Waals surface area contributed by atoms with Crippen LogP contribution in [0.3, 0.4) is 0 Å². The Morgan fingerprint density at radius 2 is 2.23 bits per heavy atom. The highest BCUT2D eigenvalue weighted by Gasteiger charge is 1.91. The van der Waals surface area contributed by atoms with E-state index in [1.165, 1.54) is 19.3 Å². The lowest BCUT2D eigenvalue weighted by Gasteiger charge is -1.96. The Bertz CT molecular complexity index is 157. The third-order valence-corrected chi connectivity index (χ3v) is 1.88. The summed E-state index contributed by atoms with van der Waals surface area (Å²) in [6.45, 7) is 2.81. The van der Waals surface area contributed by atoms with E-state index < -0.39 is 0 Å². The predicted octanol–water partition coefficient (Wildman–Crippen LogP) is 2.17. The van der Waals surface area contributed by atoms with Gasteiger partial charge in [0.2, 0.25) is 5.91 Å². The Morgan fingerprint density at radius 1 is 1.46 bits per heavy atom. The van der Waals surface area contributed by atoms with Crippen molar-refractivity contribution in [2.24, 2.45) is 0 Å². The maximum atomic E-state index is 11.0. The second kappa shape index (κ2) is 9.65. The van der Waals surface area contributed by atoms with Gasteiger partial charge in [-0.2, -0.15) is 12.6 Å². The van der Waals surface area contributed by atoms with Gasteiger partial charge in [-0.3, -0.25) is 4.79 Å². The molecule has 0 radical (unpaired) electrons. The van der Waals surface area contributed by atoms with Gasteiger partial charge in [0.15, 0.2) is 0 Å². The Kier molecular flexibility index (Phi) is 9.32. The Morgan fingerprint density at radius 3 is 2.85 bits per heavy atom. The fourth-order valence-corrected chi connectivity index (χ4v) is 1.05. The maximum Gasteiger partial charge on any atom is 0.243 e. The molecule has 0 saturated carbocycles. The number of allylic oxidation sites excluding steroid dienone is 1. The molecular weight excluding hydrogens is 182 g/mol. The van der Waals surface area contributed by atoms with Gasteiger partial charge < -0.3 is 5.32 Å². The minimum Gasteiger partial charge on any atom is -0.352 e. The molecule has 0 saturated heterocycles. The van der Waals surface area contributed by atoms with Gasteiger partial charge in [0.1, 0.15) is 0 Å². The average molecular weight is 201 g/mol. The highest BCUT2D eigenvalue weighted by Crippen LogP contribution is 1.98. The van der Waals surface area contributed by atoms with Crippen LogP contribution in [0.1, 0.15) is 32.6 Å². The van der Waals surface area contributed by atoms with Crippen molar-refractivity contribution >= 4 is 18.5 Å². The summed E-state index contributed by atoms with van der Waals surface area (Å²) in [6.07, 6.45) is 8.18. The summed E-state index contributed by atoms with van der Waals surface area (Å²) in [5, 5.41) is 2.72. The molecule has 0 spiro atoms. The molecule has 13 heavy (non-hydrogen) atoms. The van der Waals surface area contributed by atoms with Crippen LogP contribution < -0.4 is 5.32 Å². The monoisotopic (exact) mass is 201 g/mol. The van der Waals surface area contributed by atoms with E-state index in [0.717, 1.165) is 6.42 Å². The summed E-state index contributed by atoms with van der Waals surface area (Å²) in [5.74, 6) is 0.681. The molecule has 0 aromatic rings. The SMILES string of the molecule is CCCCC/C=C/C(=O)NCCS. The molecule has 1 amide bonds. The third kappa shape index (κ3) is 9.47. The van der Waals surface area contributed by atoms with Crippen LogP contribution in [0.25, 0.3) is 0 Å². The number of rotatable bonds is 7. The standard InChI is InChI=1S/C10H19NOS/c1-2-3-4-5-6-7-10(12)11-8-9-13/h6-7,13H,2-5,8-9H2,1H3,(H,11,12)/b7-6+. The molecule has 0 aliphatic carbocycles. The van der Waals surface area contributed by atoms with E-state index in [4.69, 9.17) is 0 Å². The average Bonchev–Trinajstić information content (AvgIpc) is 2.14. The Labute approximate surface area is 86.2 Å². The van der Waals surface area contributed by atoms with Gasteiger partial charge in [-0.1, -0.05) is 25.8 Å². The maximum absolute atomic E-state index is 11.0. The molecule has 1 N–H and O–H groups in total. The van der Waals surface area contributed by atoms with E-state index in [1.54, 1.807) is 6.08 Å². The highest BCUT2D eigenvalue weighted by molar-refractivity contribution is 7.80. The second-order valence-electron chi connectivity index (χ2n) is 2.91. The fraction of sp³-hybridized carbons (Fsp3) is 0.700. The number of unbranched alkanes of at least 4 members (excludes halogenated alkanes) is 3. The van der Waals surface area contributed by atoms with Crippen LogP contribution >= 0.6 is 12.6 Å². The molecule has 0 aromatic carbocycles. The van der Waals surface area contributed by atoms with Crippen LogP contribution in [0.5, 0.6) is 0 Å². The van der Waals surface area contributed by atoms with Gasteiger partial charge in [0.25, 0.3) is 0 Å². The summed E-state index contributed by atoms with van der Waals surface area (Å²) in [4.78, 5) is 11.0. The number of hydrogen-bond acceptors (Lipinski definition) is 2. The van der Waals surface area contributed by atoms with Gasteiger partial charge in [-0.05, 0) is 18.9 Å². The van der Waals surface area contributed by atoms with Gasteiger partial charge >= 0.3 is 0 Å². The van der Waals surface area contributed by atoms with Crippen molar-refractivity contribution in [1.82, 2.24) is 5.32 Å². The molecule has 0 rings (SSSR count). The summed E-state index contributed by atoms with van der Waals surface area (Å²) < 4.78 is 0. The predicted molar refractivity (Wildman–Crippen MR) is 60.1 cm³/mol. The minimum atomic E-state index is -0.00875. The molecule has 3 heteroatoms. The van der Waals surface area contributed by atoms with E-state index in [0.29, 0.717) is 12.3 Å². The zero-order chi connectivity index (χ0) is 9.94. The number of hydrogen-bond donors (Lipinski definition) is 2. The van der Waals surface area contributed by atoms with Crippen molar-refractivity contribution in [3.63, 3.8) is 0 Å². The molecule has 0 atom stereocenters. The van der Waals surface area contributed by atoms with E-state index >= 15 is 0 Å². The number of amides is 1. The smallest absolute Gasteiger partial charge is 0.243 e. The first kappa shape index (κ1) is 12.6. The molecule has 0 bridgehead atoms. The van der Waals surface area contributed by atoms with Gasteiger partial charge in [0.05, 0.1) is 0 Å². The molecule has 0 aliphatic heterocycles. The summed E-state index contributed by atoms with van der Waals surface area (Å²) in [6, 6.07) is 0. The summed E-state index contributed by atoms with van der Waals surface area (Å²) in [5.41, 5.74) is 0. The van der Waals surface area contributed by atoms with Crippen molar-refractivity contribution in [3.8, 4) is 0 Å². The number of carbonyl (C=O) groups excluding carboxylic acids is 1. The summed E-state index contributed by atoms with van der Waals surface area (Å²) in [7, 11) is 0. The molecule has 0 aliphatic rings. The molecule has 2 nitrogen and oxygen atoms in total. The molecule has 0 aromatic heterocycles. The van der Waals surface area contributed by atoms with Gasteiger partial charge in [-0.15, -0.1) is 0 Å². The number of nitrogens with one attached hydrogen (secondary N) is 1. The zero-order valence-corrected chi connectivity index (χ0v) is 9.15. The van der Waals surface area contributed by atoms with Crippen molar-refractivity contribution in [2.45, 2.75) is 32.6 Å². The molecule has 0 unspecified atom stereocenters. The summed E-state index contributed by atoms with van der Waals surface area (Å²) >= 11 is 3.99. The molecule has 0 fully saturated rings. The van der Waals surface area contributed by atoms with Gasteiger partial charge in [0, 0.05) is 12.3 Å². The van der Waals surface area contributed by atoms with E-state index in [2.05, 4.69) is 24.9 Å². The molecule has 76 valence electrons. The first-order chi connectivity index (χ1) is 6.31. The van der Waals surface area contributed by atoms with Crippen LogP contribution in [0, 0.1) is 0 Å². The largest absolute Gasteiger partial charge is 0.352 e. The van der Waals surface area contributed by atoms with Crippen LogP contribution in [-0.2, 0) is 4.79 Å². The first-order valence-corrected chi connectivity index (χ1v) is 5.49. The lowest BCUT2D eigenvalue weighted by molar-refractivity contribution is -0.116. The zero-order valence-electron chi connectivity index (χ0n) is 8.25. The number of thiol groups is 1. The van der Waals surface area contributed by atoms with Crippen molar-refractivity contribution in [2.75, 3.05) is 12.3 Å². The lowest BCUT2D eigenvalue weighted by Crippen LogP contribution is -2.22. The Hall–Kier alpha value is -0.440. The van der Waals surface area contributed by atoms with Crippen molar-refractivity contribution < 1.29 is 4.79 Å². The highest BCUT2D eigenvalue weighted by atomic mass is 32.1. The normalized spacial score (nSPS) is 10.6. The van der Waals surface area contributed by atoms with Crippen LogP contribution in [0.4, 0.5) is 0 Å². The van der Waals surface area contributed by atoms with Crippen LogP contribution in [-0.4, -0.2) is 18.2 Å². The minimum absolute atomic E-state index is 0.00875. The topological polar surface area (TPSA) is 29.1 Å². The lowest BCUT2D eigenvalue weighted by atomic mass is 10.2. The van der Waals surface area contributed by atoms with E-state index in [-0.39, 0.29) is 5.91 Å².